The van der Waals surface area contributed by atoms with Gasteiger partial charge in [0.05, 0.1) is 0 Å². The summed E-state index contributed by atoms with van der Waals surface area (Å²) in [4.78, 5) is 10.7. The SMILES string of the molecule is CCc1c(C)c(F)c(F)c(C(=O)O)c1S. The third-order valence-electron chi connectivity index (χ3n) is 2.28. The molecule has 0 heterocycles. The van der Waals surface area contributed by atoms with Gasteiger partial charge in [-0.05, 0) is 24.5 Å². The molecule has 0 aliphatic rings. The Labute approximate surface area is 91.3 Å². The third-order valence-corrected chi connectivity index (χ3v) is 2.78. The molecule has 0 aliphatic heterocycles. The van der Waals surface area contributed by atoms with E-state index in [0.717, 1.165) is 0 Å². The van der Waals surface area contributed by atoms with Crippen molar-refractivity contribution in [2.45, 2.75) is 25.2 Å². The number of carboxylic acid groups (broad SMARTS) is 1. The first kappa shape index (κ1) is 12.0. The molecule has 1 N–H and O–H groups in total. The third kappa shape index (κ3) is 1.84. The van der Waals surface area contributed by atoms with Gasteiger partial charge < -0.3 is 5.11 Å². The number of carbonyl (C=O) groups is 1. The van der Waals surface area contributed by atoms with Gasteiger partial charge in [-0.2, -0.15) is 0 Å². The van der Waals surface area contributed by atoms with Gasteiger partial charge in [-0.25, -0.2) is 13.6 Å². The summed E-state index contributed by atoms with van der Waals surface area (Å²) in [6.45, 7) is 3.13. The van der Waals surface area contributed by atoms with E-state index in [0.29, 0.717) is 12.0 Å². The van der Waals surface area contributed by atoms with Crippen LogP contribution in [0.5, 0.6) is 0 Å². The molecule has 0 aliphatic carbocycles. The van der Waals surface area contributed by atoms with Gasteiger partial charge in [0, 0.05) is 4.90 Å². The zero-order valence-corrected chi connectivity index (χ0v) is 9.16. The topological polar surface area (TPSA) is 37.3 Å². The predicted molar refractivity (Wildman–Crippen MR) is 54.7 cm³/mol. The average Bonchev–Trinajstić information content (AvgIpc) is 2.15. The average molecular weight is 232 g/mol. The maximum Gasteiger partial charge on any atom is 0.339 e. The monoisotopic (exact) mass is 232 g/mol. The maximum atomic E-state index is 13.3. The van der Waals surface area contributed by atoms with Gasteiger partial charge in [-0.3, -0.25) is 0 Å². The lowest BCUT2D eigenvalue weighted by Crippen LogP contribution is -2.09. The second kappa shape index (κ2) is 4.18. The summed E-state index contributed by atoms with van der Waals surface area (Å²) in [7, 11) is 0. The molecule has 1 aromatic carbocycles. The second-order valence-electron chi connectivity index (χ2n) is 3.11. The van der Waals surface area contributed by atoms with E-state index in [4.69, 9.17) is 5.11 Å². The molecule has 0 radical (unpaired) electrons. The summed E-state index contributed by atoms with van der Waals surface area (Å²) in [5, 5.41) is 8.73. The molecule has 0 saturated carbocycles. The van der Waals surface area contributed by atoms with Crippen molar-refractivity contribution < 1.29 is 18.7 Å². The van der Waals surface area contributed by atoms with Crippen molar-refractivity contribution in [2.75, 3.05) is 0 Å². The summed E-state index contributed by atoms with van der Waals surface area (Å²) < 4.78 is 26.6. The van der Waals surface area contributed by atoms with Crippen molar-refractivity contribution in [1.29, 1.82) is 0 Å². The smallest absolute Gasteiger partial charge is 0.339 e. The van der Waals surface area contributed by atoms with Gasteiger partial charge in [0.1, 0.15) is 5.56 Å². The van der Waals surface area contributed by atoms with E-state index < -0.39 is 23.2 Å². The summed E-state index contributed by atoms with van der Waals surface area (Å²) in [5.74, 6) is -3.96. The number of rotatable bonds is 2. The number of hydrogen-bond acceptors (Lipinski definition) is 2. The quantitative estimate of drug-likeness (QED) is 0.769. The van der Waals surface area contributed by atoms with Crippen LogP contribution in [0.15, 0.2) is 4.90 Å². The highest BCUT2D eigenvalue weighted by molar-refractivity contribution is 7.80. The Kier molecular flexibility index (Phi) is 3.34. The number of hydrogen-bond donors (Lipinski definition) is 2. The molecule has 0 unspecified atom stereocenters. The Morgan fingerprint density at radius 1 is 1.40 bits per heavy atom. The standard InChI is InChI=1S/C10H10F2O2S/c1-3-5-4(2)7(11)8(12)6(9(5)15)10(13)14/h15H,3H2,1-2H3,(H,13,14). The normalized spacial score (nSPS) is 10.5. The zero-order valence-electron chi connectivity index (χ0n) is 8.27. The van der Waals surface area contributed by atoms with E-state index in [2.05, 4.69) is 12.6 Å². The number of benzene rings is 1. The Hall–Kier alpha value is -1.10. The predicted octanol–water partition coefficient (Wildman–Crippen LogP) is 2.82. The first-order chi connectivity index (χ1) is 6.91. The number of thiol groups is 1. The van der Waals surface area contributed by atoms with Crippen molar-refractivity contribution in [3.8, 4) is 0 Å². The van der Waals surface area contributed by atoms with E-state index in [1.807, 2.05) is 0 Å². The van der Waals surface area contributed by atoms with Crippen molar-refractivity contribution >= 4 is 18.6 Å². The molecule has 5 heteroatoms. The molecule has 0 spiro atoms. The first-order valence-corrected chi connectivity index (χ1v) is 4.79. The van der Waals surface area contributed by atoms with Crippen LogP contribution in [-0.4, -0.2) is 11.1 Å². The fourth-order valence-electron chi connectivity index (χ4n) is 1.47. The van der Waals surface area contributed by atoms with Crippen LogP contribution >= 0.6 is 12.6 Å². The van der Waals surface area contributed by atoms with E-state index >= 15 is 0 Å². The molecule has 0 bridgehead atoms. The van der Waals surface area contributed by atoms with Crippen LogP contribution in [0.2, 0.25) is 0 Å². The molecule has 1 rings (SSSR count). The first-order valence-electron chi connectivity index (χ1n) is 4.34. The molecule has 0 amide bonds. The van der Waals surface area contributed by atoms with Crippen LogP contribution in [0.25, 0.3) is 0 Å². The fourth-order valence-corrected chi connectivity index (χ4v) is 1.99. The van der Waals surface area contributed by atoms with Gasteiger partial charge in [-0.1, -0.05) is 6.92 Å². The lowest BCUT2D eigenvalue weighted by atomic mass is 10.0. The van der Waals surface area contributed by atoms with Crippen LogP contribution in [-0.2, 0) is 6.42 Å². The van der Waals surface area contributed by atoms with Crippen LogP contribution in [0.1, 0.15) is 28.4 Å². The summed E-state index contributed by atoms with van der Waals surface area (Å²) in [5.41, 5.74) is -0.155. The molecule has 0 atom stereocenters. The minimum absolute atomic E-state index is 0.00130. The minimum Gasteiger partial charge on any atom is -0.478 e. The van der Waals surface area contributed by atoms with Crippen LogP contribution < -0.4 is 0 Å². The molecule has 2 nitrogen and oxygen atoms in total. The minimum atomic E-state index is -1.51. The molecular formula is C10H10F2O2S. The Balaban J connectivity index is 3.68. The van der Waals surface area contributed by atoms with E-state index in [-0.39, 0.29) is 10.5 Å². The van der Waals surface area contributed by atoms with Crippen molar-refractivity contribution in [2.24, 2.45) is 0 Å². The highest BCUT2D eigenvalue weighted by atomic mass is 32.1. The van der Waals surface area contributed by atoms with Crippen LogP contribution in [0, 0.1) is 18.6 Å². The molecular weight excluding hydrogens is 222 g/mol. The molecule has 0 aromatic heterocycles. The molecule has 15 heavy (non-hydrogen) atoms. The molecule has 1 aromatic rings. The van der Waals surface area contributed by atoms with Crippen molar-refractivity contribution in [3.63, 3.8) is 0 Å². The Bertz CT molecular complexity index is 430. The lowest BCUT2D eigenvalue weighted by molar-refractivity contribution is 0.0686. The molecule has 82 valence electrons. The van der Waals surface area contributed by atoms with Gasteiger partial charge in [0.2, 0.25) is 0 Å². The van der Waals surface area contributed by atoms with Crippen LogP contribution in [0.3, 0.4) is 0 Å². The molecule has 0 saturated heterocycles. The number of halogens is 2. The Morgan fingerprint density at radius 2 is 1.93 bits per heavy atom. The Morgan fingerprint density at radius 3 is 2.33 bits per heavy atom. The highest BCUT2D eigenvalue weighted by Crippen LogP contribution is 2.29. The maximum absolute atomic E-state index is 13.3. The molecule has 0 fully saturated rings. The van der Waals surface area contributed by atoms with E-state index in [1.54, 1.807) is 6.92 Å². The summed E-state index contributed by atoms with van der Waals surface area (Å²) >= 11 is 3.93. The fraction of sp³-hybridized carbons (Fsp3) is 0.300. The van der Waals surface area contributed by atoms with E-state index in [1.165, 1.54) is 6.92 Å². The number of aromatic carboxylic acids is 1. The lowest BCUT2D eigenvalue weighted by Gasteiger charge is -2.12. The van der Waals surface area contributed by atoms with Gasteiger partial charge >= 0.3 is 5.97 Å². The zero-order chi connectivity index (χ0) is 11.7. The summed E-state index contributed by atoms with van der Waals surface area (Å²) in [6.07, 6.45) is 0.405. The number of carboxylic acids is 1. The largest absolute Gasteiger partial charge is 0.478 e. The van der Waals surface area contributed by atoms with E-state index in [9.17, 15) is 13.6 Å². The van der Waals surface area contributed by atoms with Gasteiger partial charge in [-0.15, -0.1) is 12.6 Å². The second-order valence-corrected chi connectivity index (χ2v) is 3.56. The van der Waals surface area contributed by atoms with Gasteiger partial charge in [0.25, 0.3) is 0 Å². The highest BCUT2D eigenvalue weighted by Gasteiger charge is 2.23. The van der Waals surface area contributed by atoms with Gasteiger partial charge in [0.15, 0.2) is 11.6 Å². The van der Waals surface area contributed by atoms with Crippen LogP contribution in [0.4, 0.5) is 8.78 Å². The van der Waals surface area contributed by atoms with Crippen molar-refractivity contribution in [3.05, 3.63) is 28.3 Å². The summed E-state index contributed by atoms with van der Waals surface area (Å²) in [6, 6.07) is 0. The van der Waals surface area contributed by atoms with Crippen molar-refractivity contribution in [1.82, 2.24) is 0 Å².